The molecule has 3 aromatic carbocycles. The van der Waals surface area contributed by atoms with Gasteiger partial charge >= 0.3 is 0 Å². The Labute approximate surface area is 203 Å². The molecule has 9 heteroatoms. The van der Waals surface area contributed by atoms with Gasteiger partial charge in [0.25, 0.3) is 11.6 Å². The van der Waals surface area contributed by atoms with Crippen molar-refractivity contribution in [3.63, 3.8) is 0 Å². The molecule has 0 heterocycles. The predicted molar refractivity (Wildman–Crippen MR) is 132 cm³/mol. The number of carbonyl (C=O) groups is 1. The molecule has 0 spiro atoms. The van der Waals surface area contributed by atoms with Gasteiger partial charge in [-0.1, -0.05) is 6.92 Å². The quantitative estimate of drug-likeness (QED) is 0.220. The smallest absolute Gasteiger partial charge is 0.271 e. The Morgan fingerprint density at radius 2 is 1.71 bits per heavy atom. The lowest BCUT2D eigenvalue weighted by Crippen LogP contribution is -2.17. The third kappa shape index (κ3) is 7.56. The summed E-state index contributed by atoms with van der Waals surface area (Å²) in [7, 11) is 0. The number of hydrogen-bond acceptors (Lipinski definition) is 7. The number of hydrazone groups is 1. The van der Waals surface area contributed by atoms with Gasteiger partial charge in [0.1, 0.15) is 12.4 Å². The van der Waals surface area contributed by atoms with Crippen LogP contribution in [0.15, 0.2) is 71.8 Å². The lowest BCUT2D eigenvalue weighted by Gasteiger charge is -2.12. The lowest BCUT2D eigenvalue weighted by molar-refractivity contribution is -0.384. The van der Waals surface area contributed by atoms with Crippen LogP contribution in [0.25, 0.3) is 0 Å². The van der Waals surface area contributed by atoms with E-state index in [4.69, 9.17) is 14.2 Å². The first-order chi connectivity index (χ1) is 17.0. The van der Waals surface area contributed by atoms with Crippen molar-refractivity contribution >= 4 is 17.8 Å². The van der Waals surface area contributed by atoms with E-state index in [1.54, 1.807) is 54.6 Å². The maximum atomic E-state index is 12.3. The average Bonchev–Trinajstić information content (AvgIpc) is 2.87. The van der Waals surface area contributed by atoms with Crippen LogP contribution in [0, 0.1) is 10.1 Å². The van der Waals surface area contributed by atoms with Gasteiger partial charge in [-0.3, -0.25) is 14.9 Å². The number of carbonyl (C=O) groups excluding carboxylic acids is 1. The molecular formula is C26H27N3O6. The van der Waals surface area contributed by atoms with Gasteiger partial charge in [0.05, 0.1) is 24.4 Å². The van der Waals surface area contributed by atoms with Crippen LogP contribution in [-0.4, -0.2) is 30.3 Å². The predicted octanol–water partition coefficient (Wildman–Crippen LogP) is 5.13. The number of non-ortho nitro benzene ring substituents is 1. The monoisotopic (exact) mass is 477 g/mol. The molecule has 0 saturated carbocycles. The second-order valence-corrected chi connectivity index (χ2v) is 7.42. The Hall–Kier alpha value is -4.40. The Morgan fingerprint density at radius 3 is 2.37 bits per heavy atom. The first-order valence-corrected chi connectivity index (χ1v) is 11.2. The zero-order chi connectivity index (χ0) is 25.0. The number of benzene rings is 3. The van der Waals surface area contributed by atoms with Crippen molar-refractivity contribution in [1.82, 2.24) is 5.43 Å². The van der Waals surface area contributed by atoms with Crippen LogP contribution in [0.4, 0.5) is 5.69 Å². The SMILES string of the molecule is CCCOc1ccc(C(=O)N/N=C\c2ccc(OCc3ccc([N+](=O)[O-])cc3)c(OCC)c2)cc1. The van der Waals surface area contributed by atoms with Gasteiger partial charge in [-0.15, -0.1) is 0 Å². The summed E-state index contributed by atoms with van der Waals surface area (Å²) in [6.45, 7) is 5.17. The number of nitrogens with zero attached hydrogens (tertiary/aromatic N) is 2. The highest BCUT2D eigenvalue weighted by atomic mass is 16.6. The molecule has 0 aliphatic carbocycles. The molecule has 1 N–H and O–H groups in total. The van der Waals surface area contributed by atoms with E-state index in [-0.39, 0.29) is 18.2 Å². The molecule has 0 aliphatic rings. The average molecular weight is 478 g/mol. The fourth-order valence-electron chi connectivity index (χ4n) is 3.02. The molecule has 35 heavy (non-hydrogen) atoms. The van der Waals surface area contributed by atoms with E-state index in [9.17, 15) is 14.9 Å². The van der Waals surface area contributed by atoms with Crippen LogP contribution in [0.1, 0.15) is 41.8 Å². The van der Waals surface area contributed by atoms with Gasteiger partial charge < -0.3 is 14.2 Å². The van der Waals surface area contributed by atoms with Gasteiger partial charge in [-0.25, -0.2) is 5.43 Å². The van der Waals surface area contributed by atoms with Crippen molar-refractivity contribution < 1.29 is 23.9 Å². The molecule has 0 saturated heterocycles. The summed E-state index contributed by atoms with van der Waals surface area (Å²) >= 11 is 0. The summed E-state index contributed by atoms with van der Waals surface area (Å²) in [5.74, 6) is 1.42. The van der Waals surface area contributed by atoms with Crippen LogP contribution in [0.2, 0.25) is 0 Å². The van der Waals surface area contributed by atoms with Gasteiger partial charge in [0.2, 0.25) is 0 Å². The van der Waals surface area contributed by atoms with Crippen molar-refractivity contribution in [2.24, 2.45) is 5.10 Å². The first kappa shape index (κ1) is 25.2. The third-order valence-electron chi connectivity index (χ3n) is 4.78. The highest BCUT2D eigenvalue weighted by Gasteiger charge is 2.09. The van der Waals surface area contributed by atoms with E-state index in [2.05, 4.69) is 10.5 Å². The van der Waals surface area contributed by atoms with Crippen LogP contribution in [-0.2, 0) is 6.61 Å². The third-order valence-corrected chi connectivity index (χ3v) is 4.78. The molecule has 0 fully saturated rings. The fraction of sp³-hybridized carbons (Fsp3) is 0.231. The highest BCUT2D eigenvalue weighted by Crippen LogP contribution is 2.29. The maximum absolute atomic E-state index is 12.3. The Kier molecular flexibility index (Phi) is 9.18. The summed E-state index contributed by atoms with van der Waals surface area (Å²) in [5, 5.41) is 14.8. The molecule has 0 aliphatic heterocycles. The minimum absolute atomic E-state index is 0.0255. The van der Waals surface area contributed by atoms with Gasteiger partial charge in [0, 0.05) is 17.7 Å². The van der Waals surface area contributed by atoms with E-state index in [0.29, 0.717) is 41.6 Å². The molecule has 0 radical (unpaired) electrons. The van der Waals surface area contributed by atoms with E-state index in [0.717, 1.165) is 12.0 Å². The molecule has 182 valence electrons. The molecule has 9 nitrogen and oxygen atoms in total. The minimum atomic E-state index is -0.445. The molecule has 3 rings (SSSR count). The Bertz CT molecular complexity index is 1160. The van der Waals surface area contributed by atoms with E-state index in [1.165, 1.54) is 18.3 Å². The summed E-state index contributed by atoms with van der Waals surface area (Å²) in [4.78, 5) is 22.7. The van der Waals surface area contributed by atoms with Gasteiger partial charge in [-0.2, -0.15) is 5.10 Å². The molecule has 1 amide bonds. The summed E-state index contributed by atoms with van der Waals surface area (Å²) in [6.07, 6.45) is 2.42. The number of ether oxygens (including phenoxy) is 3. The second kappa shape index (κ2) is 12.7. The minimum Gasteiger partial charge on any atom is -0.494 e. The normalized spacial score (nSPS) is 10.7. The van der Waals surface area contributed by atoms with Crippen LogP contribution < -0.4 is 19.6 Å². The molecule has 3 aromatic rings. The van der Waals surface area contributed by atoms with Crippen molar-refractivity contribution in [2.45, 2.75) is 26.9 Å². The number of nitro benzene ring substituents is 1. The van der Waals surface area contributed by atoms with E-state index in [1.807, 2.05) is 13.8 Å². The van der Waals surface area contributed by atoms with E-state index >= 15 is 0 Å². The van der Waals surface area contributed by atoms with Crippen molar-refractivity contribution in [2.75, 3.05) is 13.2 Å². The molecule has 0 bridgehead atoms. The zero-order valence-electron chi connectivity index (χ0n) is 19.6. The second-order valence-electron chi connectivity index (χ2n) is 7.42. The summed E-state index contributed by atoms with van der Waals surface area (Å²) in [6, 6.07) is 18.3. The standard InChI is InChI=1S/C26H27N3O6/c1-3-15-34-23-12-8-21(9-13-23)26(30)28-27-17-20-7-14-24(25(16-20)33-4-2)35-18-19-5-10-22(11-6-19)29(31)32/h5-14,16-17H,3-4,15,18H2,1-2H3,(H,28,30)/b27-17-. The van der Waals surface area contributed by atoms with E-state index < -0.39 is 4.92 Å². The largest absolute Gasteiger partial charge is 0.494 e. The van der Waals surface area contributed by atoms with Crippen molar-refractivity contribution in [3.05, 3.63) is 93.5 Å². The molecule has 0 unspecified atom stereocenters. The number of hydrogen-bond donors (Lipinski definition) is 1. The van der Waals surface area contributed by atoms with Crippen molar-refractivity contribution in [3.8, 4) is 17.2 Å². The maximum Gasteiger partial charge on any atom is 0.271 e. The molecule has 0 aromatic heterocycles. The summed E-state index contributed by atoms with van der Waals surface area (Å²) in [5.41, 5.74) is 4.50. The Morgan fingerprint density at radius 1 is 0.971 bits per heavy atom. The highest BCUT2D eigenvalue weighted by molar-refractivity contribution is 5.95. The topological polar surface area (TPSA) is 112 Å². The number of rotatable bonds is 12. The van der Waals surface area contributed by atoms with Crippen molar-refractivity contribution in [1.29, 1.82) is 0 Å². The number of amides is 1. The number of nitrogens with one attached hydrogen (secondary N) is 1. The van der Waals surface area contributed by atoms with Gasteiger partial charge in [0.15, 0.2) is 11.5 Å². The zero-order valence-corrected chi connectivity index (χ0v) is 19.6. The molecule has 0 atom stereocenters. The lowest BCUT2D eigenvalue weighted by atomic mass is 10.2. The van der Waals surface area contributed by atoms with Gasteiger partial charge in [-0.05, 0) is 79.1 Å². The fourth-order valence-corrected chi connectivity index (χ4v) is 3.02. The first-order valence-electron chi connectivity index (χ1n) is 11.2. The van der Waals surface area contributed by atoms with Crippen LogP contribution >= 0.6 is 0 Å². The van der Waals surface area contributed by atoms with Crippen LogP contribution in [0.5, 0.6) is 17.2 Å². The van der Waals surface area contributed by atoms with Crippen LogP contribution in [0.3, 0.4) is 0 Å². The number of nitro groups is 1. The molecular weight excluding hydrogens is 450 g/mol. The Balaban J connectivity index is 1.60. The summed E-state index contributed by atoms with van der Waals surface area (Å²) < 4.78 is 17.0.